The molecule has 3 heterocycles. The number of hydrogen-bond acceptors (Lipinski definition) is 5. The van der Waals surface area contributed by atoms with Gasteiger partial charge < -0.3 is 19.5 Å². The Morgan fingerprint density at radius 3 is 2.40 bits per heavy atom. The molecule has 1 aliphatic rings. The summed E-state index contributed by atoms with van der Waals surface area (Å²) in [5.41, 5.74) is 0.989. The van der Waals surface area contributed by atoms with Gasteiger partial charge in [-0.15, -0.1) is 0 Å². The predicted molar refractivity (Wildman–Crippen MR) is 113 cm³/mol. The minimum atomic E-state index is -0.661. The van der Waals surface area contributed by atoms with Gasteiger partial charge in [0.1, 0.15) is 11.9 Å². The largest absolute Gasteiger partial charge is 0.459 e. The molecule has 0 unspecified atom stereocenters. The second-order valence-electron chi connectivity index (χ2n) is 7.19. The molecule has 1 aromatic carbocycles. The number of pyridine rings is 1. The van der Waals surface area contributed by atoms with Crippen LogP contribution in [0.5, 0.6) is 0 Å². The van der Waals surface area contributed by atoms with Crippen molar-refractivity contribution in [1.29, 1.82) is 0 Å². The lowest BCUT2D eigenvalue weighted by atomic mass is 10.0. The number of aromatic nitrogens is 1. The highest BCUT2D eigenvalue weighted by Crippen LogP contribution is 2.15. The highest BCUT2D eigenvalue weighted by molar-refractivity contribution is 5.95. The third-order valence-corrected chi connectivity index (χ3v) is 5.20. The van der Waals surface area contributed by atoms with E-state index in [0.717, 1.165) is 11.4 Å². The number of anilines is 1. The molecule has 4 rings (SSSR count). The van der Waals surface area contributed by atoms with Crippen molar-refractivity contribution in [3.8, 4) is 0 Å². The summed E-state index contributed by atoms with van der Waals surface area (Å²) in [5.74, 6) is 0.637. The summed E-state index contributed by atoms with van der Waals surface area (Å²) in [6, 6.07) is 18.1. The fraction of sp³-hybridized carbons (Fsp3) is 0.261. The molecule has 0 radical (unpaired) electrons. The van der Waals surface area contributed by atoms with Crippen LogP contribution in [0, 0.1) is 0 Å². The first-order valence-corrected chi connectivity index (χ1v) is 10.0. The van der Waals surface area contributed by atoms with Crippen LogP contribution < -0.4 is 10.2 Å². The smallest absolute Gasteiger partial charge is 0.287 e. The lowest BCUT2D eigenvalue weighted by molar-refractivity contribution is -0.133. The van der Waals surface area contributed by atoms with E-state index in [4.69, 9.17) is 4.42 Å². The Morgan fingerprint density at radius 1 is 0.967 bits per heavy atom. The van der Waals surface area contributed by atoms with E-state index in [9.17, 15) is 9.59 Å². The summed E-state index contributed by atoms with van der Waals surface area (Å²) < 4.78 is 5.18. The zero-order chi connectivity index (χ0) is 20.8. The molecule has 2 amide bonds. The van der Waals surface area contributed by atoms with E-state index in [0.29, 0.717) is 32.6 Å². The molecule has 30 heavy (non-hydrogen) atoms. The molecule has 0 aliphatic carbocycles. The van der Waals surface area contributed by atoms with Gasteiger partial charge in [0.15, 0.2) is 5.76 Å². The number of rotatable bonds is 6. The maximum Gasteiger partial charge on any atom is 0.287 e. The lowest BCUT2D eigenvalue weighted by Gasteiger charge is -2.37. The van der Waals surface area contributed by atoms with Gasteiger partial charge in [-0.05, 0) is 29.8 Å². The van der Waals surface area contributed by atoms with Gasteiger partial charge in [0, 0.05) is 38.8 Å². The molecule has 7 heteroatoms. The topological polar surface area (TPSA) is 78.7 Å². The molecule has 7 nitrogen and oxygen atoms in total. The van der Waals surface area contributed by atoms with Crippen LogP contribution in [0.1, 0.15) is 16.1 Å². The van der Waals surface area contributed by atoms with Crippen molar-refractivity contribution in [3.05, 3.63) is 84.4 Å². The maximum atomic E-state index is 13.3. The van der Waals surface area contributed by atoms with Crippen LogP contribution in [-0.4, -0.2) is 53.9 Å². The van der Waals surface area contributed by atoms with Gasteiger partial charge in [-0.1, -0.05) is 36.4 Å². The Morgan fingerprint density at radius 2 is 1.73 bits per heavy atom. The van der Waals surface area contributed by atoms with Crippen molar-refractivity contribution < 1.29 is 14.0 Å². The van der Waals surface area contributed by atoms with Crippen LogP contribution in [0.3, 0.4) is 0 Å². The summed E-state index contributed by atoms with van der Waals surface area (Å²) in [5, 5.41) is 2.86. The average molecular weight is 404 g/mol. The highest BCUT2D eigenvalue weighted by Gasteiger charge is 2.30. The van der Waals surface area contributed by atoms with Crippen LogP contribution >= 0.6 is 0 Å². The number of furan rings is 1. The second kappa shape index (κ2) is 9.26. The van der Waals surface area contributed by atoms with E-state index in [1.54, 1.807) is 18.3 Å². The molecule has 1 aliphatic heterocycles. The fourth-order valence-electron chi connectivity index (χ4n) is 3.60. The van der Waals surface area contributed by atoms with E-state index >= 15 is 0 Å². The lowest BCUT2D eigenvalue weighted by Crippen LogP contribution is -2.55. The summed E-state index contributed by atoms with van der Waals surface area (Å²) >= 11 is 0. The third-order valence-electron chi connectivity index (χ3n) is 5.20. The number of benzene rings is 1. The molecular weight excluding hydrogens is 380 g/mol. The van der Waals surface area contributed by atoms with Crippen molar-refractivity contribution in [2.75, 3.05) is 31.1 Å². The van der Waals surface area contributed by atoms with Crippen LogP contribution in [0.25, 0.3) is 0 Å². The molecule has 1 saturated heterocycles. The van der Waals surface area contributed by atoms with Gasteiger partial charge in [0.05, 0.1) is 6.26 Å². The van der Waals surface area contributed by atoms with Crippen LogP contribution in [0.15, 0.2) is 77.5 Å². The van der Waals surface area contributed by atoms with Gasteiger partial charge in [0.2, 0.25) is 5.91 Å². The molecule has 0 bridgehead atoms. The van der Waals surface area contributed by atoms with Crippen molar-refractivity contribution in [2.45, 2.75) is 12.5 Å². The Bertz CT molecular complexity index is 953. The standard InChI is InChI=1S/C23H24N4O3/c28-22(20-9-6-16-30-20)25-19(17-18-7-2-1-3-8-18)23(29)27-14-12-26(13-15-27)21-10-4-5-11-24-21/h1-11,16,19H,12-15,17H2,(H,25,28)/t19-/m0/s1. The predicted octanol–water partition coefficient (Wildman–Crippen LogP) is 2.36. The van der Waals surface area contributed by atoms with Crippen LogP contribution in [0.4, 0.5) is 5.82 Å². The van der Waals surface area contributed by atoms with E-state index in [1.807, 2.05) is 53.4 Å². The first kappa shape index (κ1) is 19.7. The first-order chi connectivity index (χ1) is 14.7. The van der Waals surface area contributed by atoms with E-state index in [2.05, 4.69) is 15.2 Å². The maximum absolute atomic E-state index is 13.3. The Kier molecular flexibility index (Phi) is 6.08. The highest BCUT2D eigenvalue weighted by atomic mass is 16.3. The number of nitrogens with one attached hydrogen (secondary N) is 1. The van der Waals surface area contributed by atoms with Gasteiger partial charge >= 0.3 is 0 Å². The summed E-state index contributed by atoms with van der Waals surface area (Å²) in [4.78, 5) is 34.2. The molecule has 2 aromatic heterocycles. The number of nitrogens with zero attached hydrogens (tertiary/aromatic N) is 3. The molecule has 0 saturated carbocycles. The fourth-order valence-corrected chi connectivity index (χ4v) is 3.60. The van der Waals surface area contributed by atoms with Gasteiger partial charge in [-0.25, -0.2) is 4.98 Å². The zero-order valence-corrected chi connectivity index (χ0v) is 16.6. The van der Waals surface area contributed by atoms with Crippen molar-refractivity contribution >= 4 is 17.6 Å². The minimum Gasteiger partial charge on any atom is -0.459 e. The second-order valence-corrected chi connectivity index (χ2v) is 7.19. The SMILES string of the molecule is O=C(N[C@@H](Cc1ccccc1)C(=O)N1CCN(c2ccccn2)CC1)c1ccco1. The summed E-state index contributed by atoms with van der Waals surface area (Å²) in [7, 11) is 0. The number of carbonyl (C=O) groups excluding carboxylic acids is 2. The number of carbonyl (C=O) groups is 2. The molecule has 154 valence electrons. The molecule has 1 N–H and O–H groups in total. The Labute approximate surface area is 175 Å². The number of amides is 2. The minimum absolute atomic E-state index is 0.0839. The van der Waals surface area contributed by atoms with Gasteiger partial charge in [-0.2, -0.15) is 0 Å². The van der Waals surface area contributed by atoms with Gasteiger partial charge in [-0.3, -0.25) is 9.59 Å². The average Bonchev–Trinajstić information content (AvgIpc) is 3.35. The first-order valence-electron chi connectivity index (χ1n) is 10.0. The Balaban J connectivity index is 1.44. The summed E-state index contributed by atoms with van der Waals surface area (Å²) in [6.45, 7) is 2.56. The Hall–Kier alpha value is -3.61. The van der Waals surface area contributed by atoms with Crippen molar-refractivity contribution in [2.24, 2.45) is 0 Å². The zero-order valence-electron chi connectivity index (χ0n) is 16.6. The van der Waals surface area contributed by atoms with Crippen molar-refractivity contribution in [3.63, 3.8) is 0 Å². The number of hydrogen-bond donors (Lipinski definition) is 1. The van der Waals surface area contributed by atoms with E-state index < -0.39 is 6.04 Å². The normalized spacial score (nSPS) is 14.9. The molecule has 3 aromatic rings. The summed E-state index contributed by atoms with van der Waals surface area (Å²) in [6.07, 6.45) is 3.64. The van der Waals surface area contributed by atoms with Crippen molar-refractivity contribution in [1.82, 2.24) is 15.2 Å². The molecule has 1 fully saturated rings. The van der Waals surface area contributed by atoms with Gasteiger partial charge in [0.25, 0.3) is 5.91 Å². The van der Waals surface area contributed by atoms with Crippen LogP contribution in [-0.2, 0) is 11.2 Å². The number of piperazine rings is 1. The quantitative estimate of drug-likeness (QED) is 0.682. The van der Waals surface area contributed by atoms with Crippen LogP contribution in [0.2, 0.25) is 0 Å². The van der Waals surface area contributed by atoms with E-state index in [-0.39, 0.29) is 17.6 Å². The molecule has 1 atom stereocenters. The monoisotopic (exact) mass is 404 g/mol. The molecular formula is C23H24N4O3. The van der Waals surface area contributed by atoms with E-state index in [1.165, 1.54) is 6.26 Å². The third kappa shape index (κ3) is 4.68. The molecule has 0 spiro atoms.